The van der Waals surface area contributed by atoms with Crippen LogP contribution in [0.4, 0.5) is 0 Å². The molecule has 0 unspecified atom stereocenters. The van der Waals surface area contributed by atoms with Crippen molar-refractivity contribution in [3.63, 3.8) is 0 Å². The third kappa shape index (κ3) is 4.71. The van der Waals surface area contributed by atoms with Gasteiger partial charge in [-0.1, -0.05) is 12.1 Å². The van der Waals surface area contributed by atoms with E-state index in [1.165, 1.54) is 37.4 Å². The van der Waals surface area contributed by atoms with Crippen molar-refractivity contribution in [3.8, 4) is 11.1 Å². The predicted molar refractivity (Wildman–Crippen MR) is 96.3 cm³/mol. The van der Waals surface area contributed by atoms with Gasteiger partial charge >= 0.3 is 16.2 Å². The maximum absolute atomic E-state index is 12.0. The summed E-state index contributed by atoms with van der Waals surface area (Å²) in [6.07, 6.45) is 1.19. The van der Waals surface area contributed by atoms with Crippen molar-refractivity contribution in [2.24, 2.45) is 5.14 Å². The third-order valence-corrected chi connectivity index (χ3v) is 4.56. The van der Waals surface area contributed by atoms with Crippen molar-refractivity contribution in [2.45, 2.75) is 6.42 Å². The molecule has 2 amide bonds. The largest absolute Gasteiger partial charge is 0.477 e. The molecule has 0 aliphatic heterocycles. The smallest absolute Gasteiger partial charge is 0.354 e. The lowest BCUT2D eigenvalue weighted by Gasteiger charge is -2.07. The Morgan fingerprint density at radius 2 is 1.78 bits per heavy atom. The SMILES string of the molecule is CNC(=O)CCNC(=O)c1ccc(-c2ccn(S(N)(=O)=O)c2C(=O)O)cc1. The molecule has 0 saturated carbocycles. The lowest BCUT2D eigenvalue weighted by Crippen LogP contribution is -2.29. The van der Waals surface area contributed by atoms with Crippen LogP contribution in [0.25, 0.3) is 11.1 Å². The molecular weight excluding hydrogens is 376 g/mol. The Kier molecular flexibility index (Phi) is 5.98. The molecule has 0 aliphatic rings. The molecule has 1 aromatic carbocycles. The molecule has 11 heteroatoms. The number of carboxylic acid groups (broad SMARTS) is 1. The quantitative estimate of drug-likeness (QED) is 0.507. The highest BCUT2D eigenvalue weighted by molar-refractivity contribution is 7.87. The van der Waals surface area contributed by atoms with Crippen LogP contribution in [0, 0.1) is 0 Å². The van der Waals surface area contributed by atoms with E-state index in [0.717, 1.165) is 6.20 Å². The first kappa shape index (κ1) is 20.1. The summed E-state index contributed by atoms with van der Waals surface area (Å²) in [6.45, 7) is 0.167. The molecule has 10 nitrogen and oxygen atoms in total. The first-order valence-electron chi connectivity index (χ1n) is 7.72. The lowest BCUT2D eigenvalue weighted by atomic mass is 10.0. The predicted octanol–water partition coefficient (Wildman–Crippen LogP) is -0.229. The van der Waals surface area contributed by atoms with Gasteiger partial charge in [-0.3, -0.25) is 9.59 Å². The van der Waals surface area contributed by atoms with Crippen molar-refractivity contribution in [2.75, 3.05) is 13.6 Å². The van der Waals surface area contributed by atoms with E-state index in [1.54, 1.807) is 0 Å². The minimum absolute atomic E-state index is 0.142. The molecule has 2 rings (SSSR count). The minimum Gasteiger partial charge on any atom is -0.477 e. The van der Waals surface area contributed by atoms with Crippen molar-refractivity contribution in [1.82, 2.24) is 14.6 Å². The Morgan fingerprint density at radius 3 is 2.30 bits per heavy atom. The number of benzene rings is 1. The van der Waals surface area contributed by atoms with Crippen LogP contribution in [0.1, 0.15) is 27.3 Å². The summed E-state index contributed by atoms with van der Waals surface area (Å²) in [6, 6.07) is 7.22. The molecular formula is C16H18N4O6S. The van der Waals surface area contributed by atoms with Gasteiger partial charge in [-0.15, -0.1) is 0 Å². The van der Waals surface area contributed by atoms with E-state index in [-0.39, 0.29) is 24.4 Å². The van der Waals surface area contributed by atoms with Crippen LogP contribution in [-0.2, 0) is 15.0 Å². The van der Waals surface area contributed by atoms with Crippen molar-refractivity contribution < 1.29 is 27.9 Å². The number of aromatic nitrogens is 1. The molecule has 0 aliphatic carbocycles. The highest BCUT2D eigenvalue weighted by atomic mass is 32.2. The molecule has 0 bridgehead atoms. The van der Waals surface area contributed by atoms with Crippen LogP contribution in [0.5, 0.6) is 0 Å². The second kappa shape index (κ2) is 8.01. The second-order valence-corrected chi connectivity index (χ2v) is 6.90. The zero-order valence-corrected chi connectivity index (χ0v) is 15.1. The Balaban J connectivity index is 2.23. The molecule has 27 heavy (non-hydrogen) atoms. The highest BCUT2D eigenvalue weighted by Gasteiger charge is 2.22. The summed E-state index contributed by atoms with van der Waals surface area (Å²) in [5.41, 5.74) is 0.346. The number of nitrogens with two attached hydrogens (primary N) is 1. The molecule has 0 fully saturated rings. The average molecular weight is 394 g/mol. The van der Waals surface area contributed by atoms with Crippen LogP contribution in [0.3, 0.4) is 0 Å². The number of hydrogen-bond acceptors (Lipinski definition) is 5. The Hall–Kier alpha value is -3.18. The zero-order chi connectivity index (χ0) is 20.2. The summed E-state index contributed by atoms with van der Waals surface area (Å²) < 4.78 is 23.5. The third-order valence-electron chi connectivity index (χ3n) is 3.70. The van der Waals surface area contributed by atoms with Gasteiger partial charge in [-0.2, -0.15) is 8.42 Å². The number of carboxylic acids is 1. The number of aromatic carboxylic acids is 1. The molecule has 144 valence electrons. The second-order valence-electron chi connectivity index (χ2n) is 5.48. The number of amides is 2. The number of nitrogens with one attached hydrogen (secondary N) is 2. The maximum Gasteiger partial charge on any atom is 0.354 e. The molecule has 1 heterocycles. The first-order chi connectivity index (χ1) is 12.6. The molecule has 0 radical (unpaired) electrons. The van der Waals surface area contributed by atoms with Gasteiger partial charge in [0.05, 0.1) is 0 Å². The fourth-order valence-electron chi connectivity index (χ4n) is 2.39. The van der Waals surface area contributed by atoms with Crippen LogP contribution < -0.4 is 15.8 Å². The van der Waals surface area contributed by atoms with Crippen LogP contribution in [0.15, 0.2) is 36.5 Å². The van der Waals surface area contributed by atoms with Gasteiger partial charge < -0.3 is 15.7 Å². The monoisotopic (exact) mass is 394 g/mol. The molecule has 0 spiro atoms. The molecule has 1 aromatic heterocycles. The number of carbonyl (C=O) groups excluding carboxylic acids is 2. The number of carbonyl (C=O) groups is 3. The summed E-state index contributed by atoms with van der Waals surface area (Å²) in [7, 11) is -2.77. The Bertz CT molecular complexity index is 979. The van der Waals surface area contributed by atoms with E-state index in [9.17, 15) is 27.9 Å². The van der Waals surface area contributed by atoms with Crippen molar-refractivity contribution in [1.29, 1.82) is 0 Å². The fourth-order valence-corrected chi connectivity index (χ4v) is 3.05. The van der Waals surface area contributed by atoms with Gasteiger partial charge in [0.1, 0.15) is 0 Å². The van der Waals surface area contributed by atoms with Crippen LogP contribution in [0.2, 0.25) is 0 Å². The van der Waals surface area contributed by atoms with E-state index in [2.05, 4.69) is 10.6 Å². The normalized spacial score (nSPS) is 11.0. The van der Waals surface area contributed by atoms with Crippen LogP contribution >= 0.6 is 0 Å². The van der Waals surface area contributed by atoms with E-state index < -0.39 is 27.8 Å². The zero-order valence-electron chi connectivity index (χ0n) is 14.3. The van der Waals surface area contributed by atoms with E-state index in [0.29, 0.717) is 15.1 Å². The summed E-state index contributed by atoms with van der Waals surface area (Å²) in [5.74, 6) is -2.06. The summed E-state index contributed by atoms with van der Waals surface area (Å²) in [5, 5.41) is 19.4. The number of rotatable bonds is 7. The van der Waals surface area contributed by atoms with Crippen molar-refractivity contribution >= 4 is 28.0 Å². The van der Waals surface area contributed by atoms with Gasteiger partial charge in [0.2, 0.25) is 5.91 Å². The molecule has 0 saturated heterocycles. The van der Waals surface area contributed by atoms with E-state index >= 15 is 0 Å². The lowest BCUT2D eigenvalue weighted by molar-refractivity contribution is -0.120. The van der Waals surface area contributed by atoms with E-state index in [4.69, 9.17) is 5.14 Å². The van der Waals surface area contributed by atoms with Gasteiger partial charge in [0, 0.05) is 37.3 Å². The maximum atomic E-state index is 12.0. The Labute approximate surface area is 155 Å². The molecule has 2 aromatic rings. The van der Waals surface area contributed by atoms with Crippen LogP contribution in [-0.4, -0.2) is 48.9 Å². The minimum atomic E-state index is -4.27. The molecule has 5 N–H and O–H groups in total. The van der Waals surface area contributed by atoms with Crippen molar-refractivity contribution in [3.05, 3.63) is 47.8 Å². The standard InChI is InChI=1S/C16H18N4O6S/c1-18-13(21)6-8-19-15(22)11-4-2-10(3-5-11)12-7-9-20(27(17,25)26)14(12)16(23)24/h2-5,7,9H,6,8H2,1H3,(H,18,21)(H,19,22)(H,23,24)(H2,17,25,26). The van der Waals surface area contributed by atoms with Gasteiger partial charge in [-0.05, 0) is 23.8 Å². The summed E-state index contributed by atoms with van der Waals surface area (Å²) >= 11 is 0. The highest BCUT2D eigenvalue weighted by Crippen LogP contribution is 2.26. The fraction of sp³-hybridized carbons (Fsp3) is 0.188. The number of hydrogen-bond donors (Lipinski definition) is 4. The molecule has 0 atom stereocenters. The van der Waals surface area contributed by atoms with Gasteiger partial charge in [-0.25, -0.2) is 13.9 Å². The number of nitrogens with zero attached hydrogens (tertiary/aromatic N) is 1. The van der Waals surface area contributed by atoms with E-state index in [1.807, 2.05) is 0 Å². The van der Waals surface area contributed by atoms with Gasteiger partial charge in [0.25, 0.3) is 5.91 Å². The van der Waals surface area contributed by atoms with Gasteiger partial charge in [0.15, 0.2) is 5.69 Å². The Morgan fingerprint density at radius 1 is 1.15 bits per heavy atom. The average Bonchev–Trinajstić information content (AvgIpc) is 3.07. The topological polar surface area (TPSA) is 161 Å². The first-order valence-corrected chi connectivity index (χ1v) is 9.22. The summed E-state index contributed by atoms with van der Waals surface area (Å²) in [4.78, 5) is 34.6.